The Morgan fingerprint density at radius 3 is 1.76 bits per heavy atom. The molecule has 0 aromatic heterocycles. The largest absolute Gasteiger partial charge is 0.0616 e. The highest BCUT2D eigenvalue weighted by Gasteiger charge is 2.10. The summed E-state index contributed by atoms with van der Waals surface area (Å²) < 4.78 is 0. The van der Waals surface area contributed by atoms with Crippen LogP contribution in [0.5, 0.6) is 0 Å². The molecular weight excluding hydrogens is 300 g/mol. The van der Waals surface area contributed by atoms with Gasteiger partial charge >= 0.3 is 0 Å². The van der Waals surface area contributed by atoms with E-state index in [1.807, 2.05) is 0 Å². The zero-order valence-corrected chi connectivity index (χ0v) is 15.2. The fraction of sp³-hybridized carbons (Fsp3) is 0.200. The molecule has 0 heterocycles. The van der Waals surface area contributed by atoms with E-state index < -0.39 is 0 Å². The molecule has 25 heavy (non-hydrogen) atoms. The second-order valence-electron chi connectivity index (χ2n) is 7.30. The maximum absolute atomic E-state index is 2.30. The first-order valence-corrected chi connectivity index (χ1v) is 9.13. The Hall–Kier alpha value is -2.60. The van der Waals surface area contributed by atoms with Crippen LogP contribution in [0.4, 0.5) is 0 Å². The lowest BCUT2D eigenvalue weighted by molar-refractivity contribution is 0.866. The standard InChI is InChI=1S/C25H24/c1-17(2)19-12-14-20(15-13-19)25-16-18(3)21-8-4-5-9-22(21)23-10-6-7-11-24(23)25/h4-15,17H,16H2,1-3H3. The fourth-order valence-corrected chi connectivity index (χ4v) is 3.85. The molecule has 0 unspecified atom stereocenters. The molecule has 1 aliphatic carbocycles. The predicted molar refractivity (Wildman–Crippen MR) is 107 cm³/mol. The Kier molecular flexibility index (Phi) is 4.05. The van der Waals surface area contributed by atoms with E-state index in [4.69, 9.17) is 0 Å². The van der Waals surface area contributed by atoms with E-state index in [9.17, 15) is 0 Å². The second-order valence-corrected chi connectivity index (χ2v) is 7.30. The summed E-state index contributed by atoms with van der Waals surface area (Å²) in [5.41, 5.74) is 5.61. The van der Waals surface area contributed by atoms with Crippen LogP contribution in [0.25, 0.3) is 11.1 Å². The first kappa shape index (κ1) is 15.9. The van der Waals surface area contributed by atoms with Crippen LogP contribution in [0.15, 0.2) is 72.8 Å². The third kappa shape index (κ3) is 2.82. The zero-order valence-electron chi connectivity index (χ0n) is 15.2. The minimum absolute atomic E-state index is 0.568. The number of hydrogen-bond acceptors (Lipinski definition) is 0. The Morgan fingerprint density at radius 1 is 0.640 bits per heavy atom. The maximum atomic E-state index is 2.30. The first-order chi connectivity index (χ1) is 12.1. The van der Waals surface area contributed by atoms with E-state index in [1.54, 1.807) is 0 Å². The molecule has 1 aliphatic rings. The lowest BCUT2D eigenvalue weighted by Gasteiger charge is -2.11. The smallest absolute Gasteiger partial charge is 0.00485 e. The lowest BCUT2D eigenvalue weighted by Crippen LogP contribution is -2.09. The Balaban J connectivity index is 2.10. The summed E-state index contributed by atoms with van der Waals surface area (Å²) in [6.45, 7) is 6.77. The van der Waals surface area contributed by atoms with Crippen molar-refractivity contribution >= 4 is 11.1 Å². The monoisotopic (exact) mass is 324 g/mol. The molecule has 0 spiro atoms. The van der Waals surface area contributed by atoms with Gasteiger partial charge in [-0.15, -0.1) is 0 Å². The average molecular weight is 324 g/mol. The van der Waals surface area contributed by atoms with E-state index in [-0.39, 0.29) is 0 Å². The summed E-state index contributed by atoms with van der Waals surface area (Å²) in [5.74, 6) is 0.568. The number of hydrogen-bond donors (Lipinski definition) is 0. The topological polar surface area (TPSA) is 0 Å². The van der Waals surface area contributed by atoms with Crippen LogP contribution in [-0.2, 0) is 0 Å². The van der Waals surface area contributed by atoms with Gasteiger partial charge in [0, 0.05) is 0 Å². The number of rotatable bonds is 2. The predicted octanol–water partition coefficient (Wildman–Crippen LogP) is 4.87. The molecule has 0 radical (unpaired) electrons. The molecule has 0 saturated carbocycles. The van der Waals surface area contributed by atoms with E-state index in [2.05, 4.69) is 93.6 Å². The van der Waals surface area contributed by atoms with Crippen LogP contribution in [0.3, 0.4) is 0 Å². The summed E-state index contributed by atoms with van der Waals surface area (Å²) in [4.78, 5) is 0. The molecule has 0 saturated heterocycles. The van der Waals surface area contributed by atoms with Gasteiger partial charge in [0.2, 0.25) is 0 Å². The van der Waals surface area contributed by atoms with Crippen molar-refractivity contribution in [2.75, 3.05) is 0 Å². The van der Waals surface area contributed by atoms with Crippen LogP contribution in [0.1, 0.15) is 44.2 Å². The van der Waals surface area contributed by atoms with E-state index in [0.717, 1.165) is 6.42 Å². The summed E-state index contributed by atoms with van der Waals surface area (Å²) in [6.07, 6.45) is 0.995. The highest BCUT2D eigenvalue weighted by molar-refractivity contribution is 5.74. The van der Waals surface area contributed by atoms with Gasteiger partial charge in [0.25, 0.3) is 0 Å². The molecule has 124 valence electrons. The molecule has 0 nitrogen and oxygen atoms in total. The van der Waals surface area contributed by atoms with Gasteiger partial charge in [-0.2, -0.15) is 0 Å². The molecule has 0 fully saturated rings. The minimum Gasteiger partial charge on any atom is -0.0616 e. The van der Waals surface area contributed by atoms with Crippen LogP contribution in [0, 0.1) is 10.4 Å². The minimum atomic E-state index is 0.568. The third-order valence-corrected chi connectivity index (χ3v) is 5.30. The van der Waals surface area contributed by atoms with Gasteiger partial charge in [0.05, 0.1) is 0 Å². The zero-order chi connectivity index (χ0) is 17.4. The number of benzene rings is 3. The van der Waals surface area contributed by atoms with Crippen molar-refractivity contribution in [1.82, 2.24) is 0 Å². The van der Waals surface area contributed by atoms with Gasteiger partial charge < -0.3 is 0 Å². The van der Waals surface area contributed by atoms with Crippen molar-refractivity contribution in [3.8, 4) is 0 Å². The van der Waals surface area contributed by atoms with Crippen molar-refractivity contribution in [3.63, 3.8) is 0 Å². The summed E-state index contributed by atoms with van der Waals surface area (Å²) >= 11 is 0. The van der Waals surface area contributed by atoms with E-state index in [1.165, 1.54) is 43.1 Å². The fourth-order valence-electron chi connectivity index (χ4n) is 3.85. The normalized spacial score (nSPS) is 13.4. The van der Waals surface area contributed by atoms with Crippen molar-refractivity contribution in [2.24, 2.45) is 0 Å². The molecule has 0 heteroatoms. The molecule has 0 atom stereocenters. The van der Waals surface area contributed by atoms with Gasteiger partial charge in [0.1, 0.15) is 0 Å². The van der Waals surface area contributed by atoms with Gasteiger partial charge in [-0.05, 0) is 56.8 Å². The Labute approximate surface area is 149 Å². The number of fused-ring (bicyclic) bond motifs is 2. The van der Waals surface area contributed by atoms with Crippen molar-refractivity contribution in [3.05, 3.63) is 105 Å². The summed E-state index contributed by atoms with van der Waals surface area (Å²) in [7, 11) is 0. The molecular formula is C25H24. The van der Waals surface area contributed by atoms with Gasteiger partial charge in [-0.25, -0.2) is 0 Å². The lowest BCUT2D eigenvalue weighted by atomic mass is 9.94. The van der Waals surface area contributed by atoms with Crippen molar-refractivity contribution < 1.29 is 0 Å². The molecule has 4 rings (SSSR count). The molecule has 0 aliphatic heterocycles. The highest BCUT2D eigenvalue weighted by Crippen LogP contribution is 2.23. The van der Waals surface area contributed by atoms with Crippen LogP contribution >= 0.6 is 0 Å². The first-order valence-electron chi connectivity index (χ1n) is 9.13. The van der Waals surface area contributed by atoms with E-state index >= 15 is 0 Å². The van der Waals surface area contributed by atoms with Crippen LogP contribution in [0.2, 0.25) is 0 Å². The SMILES string of the molecule is CC1=c2ccccc2=c2ccccc2=C(c2ccc(C(C)C)cc2)C1. The molecule has 0 amide bonds. The maximum Gasteiger partial charge on any atom is -0.00485 e. The third-order valence-electron chi connectivity index (χ3n) is 5.30. The van der Waals surface area contributed by atoms with Crippen molar-refractivity contribution in [1.29, 1.82) is 0 Å². The average Bonchev–Trinajstić information content (AvgIpc) is 2.78. The second kappa shape index (κ2) is 6.37. The van der Waals surface area contributed by atoms with Crippen LogP contribution in [-0.4, -0.2) is 0 Å². The van der Waals surface area contributed by atoms with Gasteiger partial charge in [-0.1, -0.05) is 92.2 Å². The van der Waals surface area contributed by atoms with Crippen LogP contribution < -0.4 is 10.4 Å². The Bertz CT molecular complexity index is 1130. The van der Waals surface area contributed by atoms with Gasteiger partial charge in [0.15, 0.2) is 0 Å². The quantitative estimate of drug-likeness (QED) is 0.631. The summed E-state index contributed by atoms with van der Waals surface area (Å²) in [5, 5.41) is 5.44. The molecule has 0 bridgehead atoms. The molecule has 3 aromatic rings. The highest BCUT2D eigenvalue weighted by atomic mass is 14.1. The Morgan fingerprint density at radius 2 is 1.16 bits per heavy atom. The molecule has 3 aromatic carbocycles. The summed E-state index contributed by atoms with van der Waals surface area (Å²) in [6, 6.07) is 26.8. The molecule has 0 N–H and O–H groups in total. The van der Waals surface area contributed by atoms with Gasteiger partial charge in [-0.3, -0.25) is 0 Å². The van der Waals surface area contributed by atoms with E-state index in [0.29, 0.717) is 5.92 Å². The van der Waals surface area contributed by atoms with Crippen molar-refractivity contribution in [2.45, 2.75) is 33.1 Å².